The van der Waals surface area contributed by atoms with Crippen LogP contribution in [0.4, 0.5) is 0 Å². The Bertz CT molecular complexity index is 357. The first kappa shape index (κ1) is 10.7. The zero-order valence-corrected chi connectivity index (χ0v) is 10.6. The maximum Gasteiger partial charge on any atom is 0.110 e. The van der Waals surface area contributed by atoms with Crippen molar-refractivity contribution in [3.63, 3.8) is 0 Å². The Morgan fingerprint density at radius 1 is 1.44 bits per heavy atom. The smallest absolute Gasteiger partial charge is 0.110 e. The van der Waals surface area contributed by atoms with Crippen molar-refractivity contribution in [2.75, 3.05) is 20.1 Å². The zero-order chi connectivity index (χ0) is 11.0. The molecule has 0 amide bonds. The molecule has 0 aromatic carbocycles. The largest absolute Gasteiger partial charge is 0.308 e. The van der Waals surface area contributed by atoms with Crippen LogP contribution in [0.2, 0.25) is 0 Å². The van der Waals surface area contributed by atoms with E-state index in [0.29, 0.717) is 12.1 Å². The number of thiazole rings is 1. The summed E-state index contributed by atoms with van der Waals surface area (Å²) >= 11 is 1.84. The Morgan fingerprint density at radius 3 is 3.06 bits per heavy atom. The minimum Gasteiger partial charge on any atom is -0.308 e. The first-order valence-electron chi connectivity index (χ1n) is 6.23. The van der Waals surface area contributed by atoms with Gasteiger partial charge in [0.15, 0.2) is 0 Å². The Hall–Kier alpha value is -0.450. The molecule has 0 bridgehead atoms. The molecule has 2 atom stereocenters. The number of nitrogens with one attached hydrogen (secondary N) is 1. The van der Waals surface area contributed by atoms with Crippen molar-refractivity contribution in [3.8, 4) is 0 Å². The Morgan fingerprint density at radius 2 is 2.38 bits per heavy atom. The molecule has 0 spiro atoms. The molecule has 1 aromatic rings. The lowest BCUT2D eigenvalue weighted by atomic mass is 10.2. The summed E-state index contributed by atoms with van der Waals surface area (Å²) in [7, 11) is 2.21. The average molecular weight is 237 g/mol. The molecule has 16 heavy (non-hydrogen) atoms. The maximum atomic E-state index is 4.84. The van der Waals surface area contributed by atoms with Gasteiger partial charge in [-0.3, -0.25) is 4.90 Å². The molecule has 0 aliphatic carbocycles. The van der Waals surface area contributed by atoms with Gasteiger partial charge in [-0.05, 0) is 45.8 Å². The first-order valence-corrected chi connectivity index (χ1v) is 7.11. The summed E-state index contributed by atoms with van der Waals surface area (Å²) in [5.41, 5.74) is 1.30. The lowest BCUT2D eigenvalue weighted by Crippen LogP contribution is -2.18. The highest BCUT2D eigenvalue weighted by molar-refractivity contribution is 7.09. The summed E-state index contributed by atoms with van der Waals surface area (Å²) in [6, 6.07) is 1.11. The topological polar surface area (TPSA) is 28.2 Å². The van der Waals surface area contributed by atoms with Crippen molar-refractivity contribution >= 4 is 11.3 Å². The number of nitrogens with zero attached hydrogens (tertiary/aromatic N) is 2. The van der Waals surface area contributed by atoms with Crippen LogP contribution in [-0.2, 0) is 0 Å². The second-order valence-corrected chi connectivity index (χ2v) is 5.79. The van der Waals surface area contributed by atoms with Gasteiger partial charge in [0.2, 0.25) is 0 Å². The van der Waals surface area contributed by atoms with Crippen LogP contribution < -0.4 is 5.32 Å². The summed E-state index contributed by atoms with van der Waals surface area (Å²) < 4.78 is 0. The summed E-state index contributed by atoms with van der Waals surface area (Å²) in [6.45, 7) is 2.38. The van der Waals surface area contributed by atoms with Gasteiger partial charge in [-0.1, -0.05) is 0 Å². The van der Waals surface area contributed by atoms with Gasteiger partial charge < -0.3 is 5.32 Å². The molecule has 3 rings (SSSR count). The summed E-state index contributed by atoms with van der Waals surface area (Å²) in [5.74, 6) is 0. The molecule has 88 valence electrons. The predicted molar refractivity (Wildman–Crippen MR) is 66.7 cm³/mol. The molecule has 2 fully saturated rings. The fourth-order valence-corrected chi connectivity index (χ4v) is 3.77. The minimum absolute atomic E-state index is 0.533. The fourth-order valence-electron chi connectivity index (χ4n) is 2.79. The van der Waals surface area contributed by atoms with Crippen LogP contribution in [0.1, 0.15) is 48.5 Å². The van der Waals surface area contributed by atoms with Crippen molar-refractivity contribution in [2.45, 2.75) is 37.8 Å². The molecule has 2 aliphatic heterocycles. The van der Waals surface area contributed by atoms with E-state index in [1.54, 1.807) is 0 Å². The molecule has 3 nitrogen and oxygen atoms in total. The highest BCUT2D eigenvalue weighted by Crippen LogP contribution is 2.33. The average Bonchev–Trinajstić information content (AvgIpc) is 2.96. The van der Waals surface area contributed by atoms with Crippen LogP contribution in [-0.4, -0.2) is 30.0 Å². The van der Waals surface area contributed by atoms with Gasteiger partial charge in [-0.25, -0.2) is 4.98 Å². The lowest BCUT2D eigenvalue weighted by molar-refractivity contribution is 0.312. The van der Waals surface area contributed by atoms with E-state index in [-0.39, 0.29) is 0 Å². The molecular weight excluding hydrogens is 218 g/mol. The normalized spacial score (nSPS) is 31.3. The number of aromatic nitrogens is 1. The van der Waals surface area contributed by atoms with E-state index < -0.39 is 0 Å². The molecule has 3 heterocycles. The van der Waals surface area contributed by atoms with E-state index in [1.807, 2.05) is 11.3 Å². The fraction of sp³-hybridized carbons (Fsp3) is 0.750. The predicted octanol–water partition coefficient (Wildman–Crippen LogP) is 2.33. The number of hydrogen-bond donors (Lipinski definition) is 1. The van der Waals surface area contributed by atoms with Crippen LogP contribution >= 0.6 is 11.3 Å². The molecule has 2 saturated heterocycles. The minimum atomic E-state index is 0.533. The van der Waals surface area contributed by atoms with Crippen LogP contribution in [0.15, 0.2) is 5.38 Å². The SMILES string of the molecule is CN1CCCC1c1csc(C2CCCN2)n1. The zero-order valence-electron chi connectivity index (χ0n) is 9.78. The summed E-state index contributed by atoms with van der Waals surface area (Å²) in [5, 5.41) is 7.09. The number of rotatable bonds is 2. The van der Waals surface area contributed by atoms with E-state index in [2.05, 4.69) is 22.6 Å². The van der Waals surface area contributed by atoms with Gasteiger partial charge in [-0.15, -0.1) is 11.3 Å². The van der Waals surface area contributed by atoms with E-state index in [0.717, 1.165) is 6.54 Å². The van der Waals surface area contributed by atoms with Crippen molar-refractivity contribution in [2.24, 2.45) is 0 Å². The van der Waals surface area contributed by atoms with Gasteiger partial charge in [-0.2, -0.15) is 0 Å². The van der Waals surface area contributed by atoms with Crippen molar-refractivity contribution < 1.29 is 0 Å². The van der Waals surface area contributed by atoms with Gasteiger partial charge in [0, 0.05) is 5.38 Å². The maximum absolute atomic E-state index is 4.84. The van der Waals surface area contributed by atoms with Crippen LogP contribution in [0.25, 0.3) is 0 Å². The van der Waals surface area contributed by atoms with E-state index in [1.165, 1.54) is 42.9 Å². The highest BCUT2D eigenvalue weighted by atomic mass is 32.1. The number of likely N-dealkylation sites (tertiary alicyclic amines) is 1. The third-order valence-electron chi connectivity index (χ3n) is 3.76. The molecule has 0 radical (unpaired) electrons. The third-order valence-corrected chi connectivity index (χ3v) is 4.74. The third kappa shape index (κ3) is 1.90. The summed E-state index contributed by atoms with van der Waals surface area (Å²) in [4.78, 5) is 7.27. The molecule has 2 aliphatic rings. The molecule has 1 aromatic heterocycles. The quantitative estimate of drug-likeness (QED) is 0.855. The number of hydrogen-bond acceptors (Lipinski definition) is 4. The molecular formula is C12H19N3S. The monoisotopic (exact) mass is 237 g/mol. The lowest BCUT2D eigenvalue weighted by Gasteiger charge is -2.16. The molecule has 2 unspecified atom stereocenters. The van der Waals surface area contributed by atoms with Crippen LogP contribution in [0, 0.1) is 0 Å². The standard InChI is InChI=1S/C12H19N3S/c1-15-7-3-5-11(15)10-8-16-12(14-10)9-4-2-6-13-9/h8-9,11,13H,2-7H2,1H3. The van der Waals surface area contributed by atoms with E-state index >= 15 is 0 Å². The van der Waals surface area contributed by atoms with Gasteiger partial charge in [0.05, 0.1) is 17.8 Å². The Labute approximate surface area is 101 Å². The first-order chi connectivity index (χ1) is 7.84. The van der Waals surface area contributed by atoms with Crippen molar-refractivity contribution in [3.05, 3.63) is 16.1 Å². The second-order valence-electron chi connectivity index (χ2n) is 4.90. The van der Waals surface area contributed by atoms with Crippen molar-refractivity contribution in [1.82, 2.24) is 15.2 Å². The van der Waals surface area contributed by atoms with E-state index in [9.17, 15) is 0 Å². The van der Waals surface area contributed by atoms with Gasteiger partial charge in [0.1, 0.15) is 5.01 Å². The molecule has 4 heteroatoms. The van der Waals surface area contributed by atoms with Gasteiger partial charge in [0.25, 0.3) is 0 Å². The molecule has 1 N–H and O–H groups in total. The highest BCUT2D eigenvalue weighted by Gasteiger charge is 2.26. The molecule has 0 saturated carbocycles. The van der Waals surface area contributed by atoms with Crippen LogP contribution in [0.3, 0.4) is 0 Å². The van der Waals surface area contributed by atoms with Crippen LogP contribution in [0.5, 0.6) is 0 Å². The second kappa shape index (κ2) is 4.43. The summed E-state index contributed by atoms with van der Waals surface area (Å²) in [6.07, 6.45) is 5.14. The van der Waals surface area contributed by atoms with E-state index in [4.69, 9.17) is 4.98 Å². The Kier molecular flexibility index (Phi) is 2.96. The Balaban J connectivity index is 1.76. The van der Waals surface area contributed by atoms with Crippen molar-refractivity contribution in [1.29, 1.82) is 0 Å². The van der Waals surface area contributed by atoms with Gasteiger partial charge >= 0.3 is 0 Å².